The Hall–Kier alpha value is -1.20. The molecule has 1 saturated heterocycles. The Labute approximate surface area is 121 Å². The van der Waals surface area contributed by atoms with Gasteiger partial charge in [-0.1, -0.05) is 0 Å². The Kier molecular flexibility index (Phi) is 4.94. The van der Waals surface area contributed by atoms with Crippen LogP contribution in [0.4, 0.5) is 5.82 Å². The molecule has 0 radical (unpaired) electrons. The van der Waals surface area contributed by atoms with E-state index in [9.17, 15) is 0 Å². The molecule has 1 N–H and O–H groups in total. The van der Waals surface area contributed by atoms with Crippen LogP contribution in [0.15, 0.2) is 12.1 Å². The van der Waals surface area contributed by atoms with Crippen LogP contribution < -0.4 is 10.2 Å². The topological polar surface area (TPSA) is 50.3 Å². The summed E-state index contributed by atoms with van der Waals surface area (Å²) in [7, 11) is 1.79. The van der Waals surface area contributed by atoms with E-state index in [1.807, 2.05) is 0 Å². The molecule has 0 spiro atoms. The number of methoxy groups -OCH3 is 1. The monoisotopic (exact) mass is 278 g/mol. The van der Waals surface area contributed by atoms with E-state index in [0.717, 1.165) is 44.0 Å². The summed E-state index contributed by atoms with van der Waals surface area (Å²) in [6, 6.07) is 4.13. The third kappa shape index (κ3) is 4.42. The number of aromatic nitrogens is 2. The van der Waals surface area contributed by atoms with Crippen LogP contribution in [-0.4, -0.2) is 42.0 Å². The van der Waals surface area contributed by atoms with Crippen LogP contribution in [0.2, 0.25) is 0 Å². The van der Waals surface area contributed by atoms with Crippen LogP contribution in [0.5, 0.6) is 0 Å². The average molecular weight is 278 g/mol. The molecule has 5 nitrogen and oxygen atoms in total. The molecule has 0 aliphatic carbocycles. The molecular formula is C15H26N4O. The van der Waals surface area contributed by atoms with Crippen molar-refractivity contribution in [2.75, 3.05) is 25.1 Å². The zero-order valence-electron chi connectivity index (χ0n) is 13.0. The van der Waals surface area contributed by atoms with Gasteiger partial charge in [0.15, 0.2) is 5.82 Å². The minimum atomic E-state index is 0.0996. The van der Waals surface area contributed by atoms with Crippen molar-refractivity contribution in [3.63, 3.8) is 0 Å². The number of hydrogen-bond donors (Lipinski definition) is 1. The van der Waals surface area contributed by atoms with Crippen LogP contribution in [0.3, 0.4) is 0 Å². The average Bonchev–Trinajstić information content (AvgIpc) is 2.45. The van der Waals surface area contributed by atoms with Crippen molar-refractivity contribution in [1.82, 2.24) is 15.5 Å². The van der Waals surface area contributed by atoms with Gasteiger partial charge in [0.05, 0.1) is 11.8 Å². The van der Waals surface area contributed by atoms with Crippen LogP contribution in [-0.2, 0) is 11.3 Å². The van der Waals surface area contributed by atoms with E-state index in [2.05, 4.69) is 53.3 Å². The fourth-order valence-electron chi connectivity index (χ4n) is 2.29. The van der Waals surface area contributed by atoms with E-state index in [-0.39, 0.29) is 5.54 Å². The van der Waals surface area contributed by atoms with Crippen LogP contribution in [0, 0.1) is 0 Å². The van der Waals surface area contributed by atoms with Gasteiger partial charge in [-0.05, 0) is 45.7 Å². The van der Waals surface area contributed by atoms with Crippen molar-refractivity contribution in [1.29, 1.82) is 0 Å². The van der Waals surface area contributed by atoms with Crippen molar-refractivity contribution in [2.45, 2.75) is 51.8 Å². The molecule has 0 bridgehead atoms. The minimum absolute atomic E-state index is 0.0996. The first kappa shape index (κ1) is 15.2. The summed E-state index contributed by atoms with van der Waals surface area (Å²) in [4.78, 5) is 2.28. The zero-order valence-corrected chi connectivity index (χ0v) is 13.0. The van der Waals surface area contributed by atoms with E-state index in [4.69, 9.17) is 4.74 Å². The highest BCUT2D eigenvalue weighted by molar-refractivity contribution is 5.37. The van der Waals surface area contributed by atoms with Gasteiger partial charge in [0.25, 0.3) is 0 Å². The van der Waals surface area contributed by atoms with Crippen LogP contribution >= 0.6 is 0 Å². The molecule has 1 aromatic rings. The van der Waals surface area contributed by atoms with E-state index < -0.39 is 0 Å². The highest BCUT2D eigenvalue weighted by Gasteiger charge is 2.19. The molecule has 0 saturated carbocycles. The quantitative estimate of drug-likeness (QED) is 0.912. The second-order valence-electron chi connectivity index (χ2n) is 6.41. The summed E-state index contributed by atoms with van der Waals surface area (Å²) in [6.45, 7) is 9.18. The fraction of sp³-hybridized carbons (Fsp3) is 0.733. The fourth-order valence-corrected chi connectivity index (χ4v) is 2.29. The number of hydrogen-bond acceptors (Lipinski definition) is 5. The van der Waals surface area contributed by atoms with Crippen molar-refractivity contribution in [3.05, 3.63) is 17.8 Å². The first-order chi connectivity index (χ1) is 9.48. The Morgan fingerprint density at radius 2 is 1.95 bits per heavy atom. The summed E-state index contributed by atoms with van der Waals surface area (Å²) >= 11 is 0. The van der Waals surface area contributed by atoms with Gasteiger partial charge in [0, 0.05) is 32.3 Å². The molecule has 0 unspecified atom stereocenters. The first-order valence-electron chi connectivity index (χ1n) is 7.33. The van der Waals surface area contributed by atoms with Gasteiger partial charge >= 0.3 is 0 Å². The normalized spacial score (nSPS) is 17.5. The van der Waals surface area contributed by atoms with E-state index >= 15 is 0 Å². The number of piperidine rings is 1. The maximum atomic E-state index is 5.39. The second kappa shape index (κ2) is 6.50. The summed E-state index contributed by atoms with van der Waals surface area (Å²) < 4.78 is 5.39. The number of nitrogens with zero attached hydrogens (tertiary/aromatic N) is 3. The lowest BCUT2D eigenvalue weighted by atomic mass is 10.1. The molecule has 1 fully saturated rings. The maximum Gasteiger partial charge on any atom is 0.151 e. The minimum Gasteiger partial charge on any atom is -0.381 e. The zero-order chi connectivity index (χ0) is 14.6. The molecule has 112 valence electrons. The Balaban J connectivity index is 1.88. The highest BCUT2D eigenvalue weighted by Crippen LogP contribution is 2.18. The number of ether oxygens (including phenoxy) is 1. The summed E-state index contributed by atoms with van der Waals surface area (Å²) in [5.74, 6) is 0.971. The summed E-state index contributed by atoms with van der Waals surface area (Å²) in [5.41, 5.74) is 1.08. The summed E-state index contributed by atoms with van der Waals surface area (Å²) in [5, 5.41) is 12.1. The predicted molar refractivity (Wildman–Crippen MR) is 80.9 cm³/mol. The number of anilines is 1. The third-order valence-corrected chi connectivity index (χ3v) is 3.60. The first-order valence-corrected chi connectivity index (χ1v) is 7.33. The smallest absolute Gasteiger partial charge is 0.151 e. The van der Waals surface area contributed by atoms with Crippen LogP contribution in [0.1, 0.15) is 39.3 Å². The van der Waals surface area contributed by atoms with Crippen LogP contribution in [0.25, 0.3) is 0 Å². The van der Waals surface area contributed by atoms with Gasteiger partial charge in [-0.2, -0.15) is 5.10 Å². The lowest BCUT2D eigenvalue weighted by molar-refractivity contribution is 0.0817. The molecule has 0 aromatic carbocycles. The van der Waals surface area contributed by atoms with Gasteiger partial charge < -0.3 is 15.0 Å². The van der Waals surface area contributed by atoms with Crippen molar-refractivity contribution in [2.24, 2.45) is 0 Å². The molecule has 1 aliphatic heterocycles. The molecule has 2 heterocycles. The number of rotatable bonds is 4. The molecule has 0 atom stereocenters. The Morgan fingerprint density at radius 3 is 2.45 bits per heavy atom. The predicted octanol–water partition coefficient (Wildman–Crippen LogP) is 1.98. The van der Waals surface area contributed by atoms with E-state index in [1.54, 1.807) is 7.11 Å². The lowest BCUT2D eigenvalue weighted by Gasteiger charge is -2.31. The Morgan fingerprint density at radius 1 is 1.25 bits per heavy atom. The van der Waals surface area contributed by atoms with E-state index in [0.29, 0.717) is 6.10 Å². The molecule has 1 aromatic heterocycles. The molecule has 5 heteroatoms. The second-order valence-corrected chi connectivity index (χ2v) is 6.41. The summed E-state index contributed by atoms with van der Waals surface area (Å²) in [6.07, 6.45) is 2.52. The molecule has 2 rings (SSSR count). The van der Waals surface area contributed by atoms with Gasteiger partial charge in [-0.3, -0.25) is 0 Å². The van der Waals surface area contributed by atoms with Crippen molar-refractivity contribution >= 4 is 5.82 Å². The van der Waals surface area contributed by atoms with Gasteiger partial charge in [-0.25, -0.2) is 0 Å². The largest absolute Gasteiger partial charge is 0.381 e. The third-order valence-electron chi connectivity index (χ3n) is 3.60. The molecular weight excluding hydrogens is 252 g/mol. The highest BCUT2D eigenvalue weighted by atomic mass is 16.5. The SMILES string of the molecule is COC1CCN(c2ccc(CNC(C)(C)C)nn2)CC1. The van der Waals surface area contributed by atoms with Gasteiger partial charge in [-0.15, -0.1) is 5.10 Å². The molecule has 0 amide bonds. The standard InChI is InChI=1S/C15H26N4O/c1-15(2,3)16-11-12-5-6-14(18-17-12)19-9-7-13(20-4)8-10-19/h5-6,13,16H,7-11H2,1-4H3. The number of nitrogens with one attached hydrogen (secondary N) is 1. The Bertz CT molecular complexity index is 405. The molecule has 1 aliphatic rings. The maximum absolute atomic E-state index is 5.39. The van der Waals surface area contributed by atoms with Crippen molar-refractivity contribution in [3.8, 4) is 0 Å². The lowest BCUT2D eigenvalue weighted by Crippen LogP contribution is -2.37. The van der Waals surface area contributed by atoms with Gasteiger partial charge in [0.1, 0.15) is 0 Å². The van der Waals surface area contributed by atoms with E-state index in [1.165, 1.54) is 0 Å². The van der Waals surface area contributed by atoms with Gasteiger partial charge in [0.2, 0.25) is 0 Å². The molecule has 20 heavy (non-hydrogen) atoms. The van der Waals surface area contributed by atoms with Crippen molar-refractivity contribution < 1.29 is 4.74 Å².